The van der Waals surface area contributed by atoms with Gasteiger partial charge in [-0.1, -0.05) is 54.6 Å². The summed E-state index contributed by atoms with van der Waals surface area (Å²) in [5.41, 5.74) is 5.35. The molecule has 1 fully saturated rings. The Balaban J connectivity index is 1.28. The quantitative estimate of drug-likeness (QED) is 0.560. The molecule has 0 bridgehead atoms. The van der Waals surface area contributed by atoms with Gasteiger partial charge in [-0.05, 0) is 58.5 Å². The first-order valence-electron chi connectivity index (χ1n) is 11.4. The van der Waals surface area contributed by atoms with E-state index in [4.69, 9.17) is 4.74 Å². The Morgan fingerprint density at radius 1 is 0.970 bits per heavy atom. The van der Waals surface area contributed by atoms with Gasteiger partial charge in [0.05, 0.1) is 24.9 Å². The largest absolute Gasteiger partial charge is 0.391 e. The number of hydrogen-bond acceptors (Lipinski definition) is 3. The molecule has 1 aliphatic carbocycles. The fourth-order valence-corrected chi connectivity index (χ4v) is 4.90. The molecule has 0 spiro atoms. The highest BCUT2D eigenvalue weighted by molar-refractivity contribution is 5.60. The van der Waals surface area contributed by atoms with Crippen molar-refractivity contribution in [2.45, 2.75) is 43.6 Å². The summed E-state index contributed by atoms with van der Waals surface area (Å²) in [5.74, 6) is -0.964. The summed E-state index contributed by atoms with van der Waals surface area (Å²) >= 11 is 0. The highest BCUT2D eigenvalue weighted by Crippen LogP contribution is 2.35. The van der Waals surface area contributed by atoms with Crippen LogP contribution in [0.25, 0.3) is 6.08 Å². The van der Waals surface area contributed by atoms with Crippen molar-refractivity contribution in [1.29, 1.82) is 0 Å². The fourth-order valence-electron chi connectivity index (χ4n) is 4.90. The average molecular weight is 448 g/mol. The zero-order valence-corrected chi connectivity index (χ0v) is 18.3. The van der Waals surface area contributed by atoms with Gasteiger partial charge >= 0.3 is 0 Å². The molecule has 170 valence electrons. The predicted molar refractivity (Wildman–Crippen MR) is 125 cm³/mol. The first-order chi connectivity index (χ1) is 16.1. The maximum absolute atomic E-state index is 14.0. The second-order valence-corrected chi connectivity index (χ2v) is 8.89. The molecule has 3 aromatic rings. The van der Waals surface area contributed by atoms with Crippen molar-refractivity contribution < 1.29 is 18.6 Å². The maximum Gasteiger partial charge on any atom is 0.123 e. The number of allylic oxidation sites excluding steroid dienone is 1. The van der Waals surface area contributed by atoms with Gasteiger partial charge in [-0.2, -0.15) is 0 Å². The van der Waals surface area contributed by atoms with Crippen LogP contribution in [-0.2, 0) is 17.7 Å². The van der Waals surface area contributed by atoms with Gasteiger partial charge in [0.1, 0.15) is 11.6 Å². The highest BCUT2D eigenvalue weighted by Gasteiger charge is 2.35. The van der Waals surface area contributed by atoms with Crippen LogP contribution in [0.4, 0.5) is 8.78 Å². The predicted octanol–water partition coefficient (Wildman–Crippen LogP) is 4.97. The number of fused-ring (bicyclic) bond motifs is 1. The highest BCUT2D eigenvalue weighted by atomic mass is 19.1. The number of ether oxygens (including phenoxy) is 1. The fraction of sp³-hybridized carbons (Fsp3) is 0.286. The number of rotatable bonds is 6. The van der Waals surface area contributed by atoms with Gasteiger partial charge in [0.25, 0.3) is 0 Å². The minimum atomic E-state index is -0.614. The monoisotopic (exact) mass is 447 g/mol. The Labute approximate surface area is 192 Å². The van der Waals surface area contributed by atoms with Crippen LogP contribution in [0, 0.1) is 11.6 Å². The lowest BCUT2D eigenvalue weighted by Gasteiger charge is -2.38. The second kappa shape index (κ2) is 9.56. The van der Waals surface area contributed by atoms with Crippen molar-refractivity contribution in [3.8, 4) is 0 Å². The van der Waals surface area contributed by atoms with Crippen LogP contribution in [0.2, 0.25) is 0 Å². The van der Waals surface area contributed by atoms with Crippen LogP contribution in [0.1, 0.15) is 40.2 Å². The molecule has 1 aliphatic heterocycles. The Bertz CT molecular complexity index is 1140. The molecule has 3 aromatic carbocycles. The third-order valence-electron chi connectivity index (χ3n) is 6.65. The first-order valence-corrected chi connectivity index (χ1v) is 11.4. The van der Waals surface area contributed by atoms with Crippen molar-refractivity contribution >= 4 is 6.08 Å². The van der Waals surface area contributed by atoms with E-state index in [-0.39, 0.29) is 29.7 Å². The zero-order chi connectivity index (χ0) is 22.8. The van der Waals surface area contributed by atoms with E-state index in [9.17, 15) is 13.9 Å². The number of aliphatic hydroxyl groups is 1. The van der Waals surface area contributed by atoms with Crippen molar-refractivity contribution in [3.05, 3.63) is 112 Å². The molecular weight excluding hydrogens is 420 g/mol. The van der Waals surface area contributed by atoms with E-state index in [2.05, 4.69) is 35.7 Å². The summed E-state index contributed by atoms with van der Waals surface area (Å²) in [6.45, 7) is 0.986. The van der Waals surface area contributed by atoms with Crippen molar-refractivity contribution in [1.82, 2.24) is 5.32 Å². The van der Waals surface area contributed by atoms with Crippen LogP contribution < -0.4 is 5.32 Å². The van der Waals surface area contributed by atoms with Crippen molar-refractivity contribution in [3.63, 3.8) is 0 Å². The van der Waals surface area contributed by atoms with E-state index in [0.29, 0.717) is 19.6 Å². The molecule has 0 amide bonds. The smallest absolute Gasteiger partial charge is 0.123 e. The lowest BCUT2D eigenvalue weighted by molar-refractivity contribution is -0.0718. The van der Waals surface area contributed by atoms with Crippen molar-refractivity contribution in [2.75, 3.05) is 6.61 Å². The number of aliphatic hydroxyl groups excluding tert-OH is 1. The molecule has 5 rings (SSSR count). The van der Waals surface area contributed by atoms with Gasteiger partial charge < -0.3 is 15.2 Å². The average Bonchev–Trinajstić information content (AvgIpc) is 3.28. The summed E-state index contributed by atoms with van der Waals surface area (Å²) in [7, 11) is 0. The molecule has 2 aliphatic rings. The lowest BCUT2D eigenvalue weighted by Crippen LogP contribution is -2.50. The second-order valence-electron chi connectivity index (χ2n) is 8.89. The van der Waals surface area contributed by atoms with E-state index in [0.717, 1.165) is 17.5 Å². The van der Waals surface area contributed by atoms with Crippen LogP contribution >= 0.6 is 0 Å². The number of halogens is 2. The Morgan fingerprint density at radius 3 is 2.61 bits per heavy atom. The molecule has 4 atom stereocenters. The Hall–Kier alpha value is -2.86. The van der Waals surface area contributed by atoms with Crippen LogP contribution in [-0.4, -0.2) is 30.0 Å². The summed E-state index contributed by atoms with van der Waals surface area (Å²) in [5, 5.41) is 14.4. The third kappa shape index (κ3) is 4.91. The first kappa shape index (κ1) is 22.0. The molecule has 1 heterocycles. The molecule has 2 N–H and O–H groups in total. The minimum Gasteiger partial charge on any atom is -0.391 e. The number of hydrogen-bond donors (Lipinski definition) is 2. The van der Waals surface area contributed by atoms with Gasteiger partial charge in [0.2, 0.25) is 0 Å². The molecule has 0 aromatic heterocycles. The van der Waals surface area contributed by atoms with E-state index in [1.165, 1.54) is 41.0 Å². The van der Waals surface area contributed by atoms with E-state index >= 15 is 0 Å². The molecule has 0 radical (unpaired) electrons. The van der Waals surface area contributed by atoms with E-state index < -0.39 is 6.10 Å². The molecule has 4 unspecified atom stereocenters. The van der Waals surface area contributed by atoms with Crippen molar-refractivity contribution in [2.24, 2.45) is 0 Å². The molecule has 33 heavy (non-hydrogen) atoms. The summed E-state index contributed by atoms with van der Waals surface area (Å²) in [6, 6.07) is 18.8. The Kier molecular flexibility index (Phi) is 6.36. The third-order valence-corrected chi connectivity index (χ3v) is 6.65. The number of benzene rings is 3. The topological polar surface area (TPSA) is 41.5 Å². The molecule has 0 saturated carbocycles. The standard InChI is InChI=1S/C28H27F2NO2/c29-23-11-9-20(10-12-23)28(22-5-2-6-24(30)14-22)27-15-26(32)25(17-33-27)31-16-18-7-8-19-3-1-4-21(19)13-18/h1-3,5-14,25-28,31-32H,4,15-17H2. The Morgan fingerprint density at radius 2 is 1.82 bits per heavy atom. The zero-order valence-electron chi connectivity index (χ0n) is 18.3. The molecule has 1 saturated heterocycles. The van der Waals surface area contributed by atoms with Crippen LogP contribution in [0.3, 0.4) is 0 Å². The van der Waals surface area contributed by atoms with Crippen LogP contribution in [0.5, 0.6) is 0 Å². The molecule has 3 nitrogen and oxygen atoms in total. The van der Waals surface area contributed by atoms with Gasteiger partial charge in [-0.15, -0.1) is 0 Å². The SMILES string of the molecule is OC1CC(C(c2ccc(F)cc2)c2cccc(F)c2)OCC1NCc1ccc2c(c1)CC=C2. The summed E-state index contributed by atoms with van der Waals surface area (Å²) in [6.07, 6.45) is 4.70. The van der Waals surface area contributed by atoms with E-state index in [1.54, 1.807) is 18.2 Å². The molecule has 5 heteroatoms. The molecular formula is C28H27F2NO2. The lowest BCUT2D eigenvalue weighted by atomic mass is 9.82. The summed E-state index contributed by atoms with van der Waals surface area (Å²) < 4.78 is 33.7. The number of nitrogens with one attached hydrogen (secondary N) is 1. The van der Waals surface area contributed by atoms with Gasteiger partial charge in [-0.3, -0.25) is 0 Å². The van der Waals surface area contributed by atoms with Gasteiger partial charge in [0, 0.05) is 18.9 Å². The maximum atomic E-state index is 14.0. The van der Waals surface area contributed by atoms with E-state index in [1.807, 2.05) is 6.07 Å². The van der Waals surface area contributed by atoms with Gasteiger partial charge in [-0.25, -0.2) is 8.78 Å². The minimum absolute atomic E-state index is 0.200. The van der Waals surface area contributed by atoms with Gasteiger partial charge in [0.15, 0.2) is 0 Å². The normalized spacial score (nSPS) is 22.8. The summed E-state index contributed by atoms with van der Waals surface area (Å²) in [4.78, 5) is 0. The van der Waals surface area contributed by atoms with Crippen LogP contribution in [0.15, 0.2) is 72.8 Å².